The van der Waals surface area contributed by atoms with Crippen LogP contribution in [0.4, 0.5) is 0 Å². The van der Waals surface area contributed by atoms with E-state index in [9.17, 15) is 0 Å². The number of rotatable bonds is 3. The van der Waals surface area contributed by atoms with Crippen molar-refractivity contribution in [2.45, 2.75) is 38.6 Å². The molecule has 6 heteroatoms. The summed E-state index contributed by atoms with van der Waals surface area (Å²) >= 11 is 1.64. The Hall–Kier alpha value is -1.27. The maximum Gasteiger partial charge on any atom is 0.246 e. The molecule has 1 fully saturated rings. The summed E-state index contributed by atoms with van der Waals surface area (Å²) in [7, 11) is 0. The fourth-order valence-corrected chi connectivity index (χ4v) is 3.01. The Bertz CT molecular complexity index is 542. The molecule has 0 aromatic carbocycles. The lowest BCUT2D eigenvalue weighted by molar-refractivity contribution is 0.274. The number of nitrogens with one attached hydrogen (secondary N) is 1. The van der Waals surface area contributed by atoms with Gasteiger partial charge in [0.2, 0.25) is 5.89 Å². The molecule has 0 saturated carbocycles. The molecule has 1 aliphatic rings. The smallest absolute Gasteiger partial charge is 0.246 e. The minimum atomic E-state index is -0.149. The van der Waals surface area contributed by atoms with Gasteiger partial charge in [-0.05, 0) is 33.2 Å². The standard InChI is InChI=1S/C12H16N4OS/c1-8-7-18-10(14-8)6-9-15-11(17-16-9)12(2)4-3-5-13-12/h7,13H,3-6H2,1-2H3. The van der Waals surface area contributed by atoms with Gasteiger partial charge in [-0.1, -0.05) is 5.16 Å². The zero-order valence-electron chi connectivity index (χ0n) is 10.6. The van der Waals surface area contributed by atoms with E-state index < -0.39 is 0 Å². The van der Waals surface area contributed by atoms with Crippen molar-refractivity contribution in [3.8, 4) is 0 Å². The maximum atomic E-state index is 5.38. The van der Waals surface area contributed by atoms with Crippen LogP contribution in [0, 0.1) is 6.92 Å². The molecule has 0 amide bonds. The molecule has 0 aliphatic carbocycles. The summed E-state index contributed by atoms with van der Waals surface area (Å²) in [6.07, 6.45) is 2.85. The minimum absolute atomic E-state index is 0.149. The van der Waals surface area contributed by atoms with Crippen LogP contribution in [-0.4, -0.2) is 21.7 Å². The van der Waals surface area contributed by atoms with Gasteiger partial charge in [0, 0.05) is 11.1 Å². The molecular weight excluding hydrogens is 248 g/mol. The SMILES string of the molecule is Cc1csc(Cc2noc(C3(C)CCCN3)n2)n1. The summed E-state index contributed by atoms with van der Waals surface area (Å²) in [6, 6.07) is 0. The number of hydrogen-bond acceptors (Lipinski definition) is 6. The molecule has 1 aliphatic heterocycles. The van der Waals surface area contributed by atoms with E-state index in [-0.39, 0.29) is 5.54 Å². The van der Waals surface area contributed by atoms with E-state index >= 15 is 0 Å². The highest BCUT2D eigenvalue weighted by Crippen LogP contribution is 2.29. The Morgan fingerprint density at radius 3 is 3.06 bits per heavy atom. The van der Waals surface area contributed by atoms with Crippen molar-refractivity contribution >= 4 is 11.3 Å². The number of nitrogens with zero attached hydrogens (tertiary/aromatic N) is 3. The third kappa shape index (κ3) is 2.18. The molecule has 1 atom stereocenters. The summed E-state index contributed by atoms with van der Waals surface area (Å²) in [5, 5.41) is 10.5. The molecule has 1 saturated heterocycles. The zero-order chi connectivity index (χ0) is 12.6. The van der Waals surface area contributed by atoms with E-state index in [1.165, 1.54) is 0 Å². The van der Waals surface area contributed by atoms with Gasteiger partial charge in [0.25, 0.3) is 0 Å². The predicted molar refractivity (Wildman–Crippen MR) is 68.5 cm³/mol. The van der Waals surface area contributed by atoms with E-state index in [1.54, 1.807) is 11.3 Å². The van der Waals surface area contributed by atoms with Gasteiger partial charge >= 0.3 is 0 Å². The van der Waals surface area contributed by atoms with Gasteiger partial charge in [-0.25, -0.2) is 4.98 Å². The minimum Gasteiger partial charge on any atom is -0.337 e. The summed E-state index contributed by atoms with van der Waals surface area (Å²) in [5.41, 5.74) is 0.896. The van der Waals surface area contributed by atoms with E-state index in [4.69, 9.17) is 4.52 Å². The zero-order valence-corrected chi connectivity index (χ0v) is 11.4. The third-order valence-electron chi connectivity index (χ3n) is 3.28. The lowest BCUT2D eigenvalue weighted by Crippen LogP contribution is -2.33. The summed E-state index contributed by atoms with van der Waals surface area (Å²) in [4.78, 5) is 8.91. The van der Waals surface area contributed by atoms with Crippen molar-refractivity contribution in [2.24, 2.45) is 0 Å². The molecule has 2 aromatic heterocycles. The number of aryl methyl sites for hydroxylation is 1. The molecule has 2 aromatic rings. The van der Waals surface area contributed by atoms with E-state index in [2.05, 4.69) is 27.4 Å². The quantitative estimate of drug-likeness (QED) is 0.919. The monoisotopic (exact) mass is 264 g/mol. The van der Waals surface area contributed by atoms with Gasteiger partial charge in [0.15, 0.2) is 5.82 Å². The van der Waals surface area contributed by atoms with Crippen LogP contribution >= 0.6 is 11.3 Å². The molecule has 3 rings (SSSR count). The average molecular weight is 264 g/mol. The second-order valence-electron chi connectivity index (χ2n) is 4.94. The Balaban J connectivity index is 1.77. The largest absolute Gasteiger partial charge is 0.337 e. The first-order chi connectivity index (χ1) is 8.66. The van der Waals surface area contributed by atoms with Crippen molar-refractivity contribution in [1.29, 1.82) is 0 Å². The highest BCUT2D eigenvalue weighted by molar-refractivity contribution is 7.09. The molecule has 1 unspecified atom stereocenters. The highest BCUT2D eigenvalue weighted by atomic mass is 32.1. The van der Waals surface area contributed by atoms with Gasteiger partial charge < -0.3 is 9.84 Å². The van der Waals surface area contributed by atoms with Crippen LogP contribution < -0.4 is 5.32 Å². The number of thiazole rings is 1. The predicted octanol–water partition coefficient (Wildman–Crippen LogP) is 2.02. The molecule has 5 nitrogen and oxygen atoms in total. The molecule has 3 heterocycles. The van der Waals surface area contributed by atoms with Gasteiger partial charge in [-0.3, -0.25) is 0 Å². The summed E-state index contributed by atoms with van der Waals surface area (Å²) in [5.74, 6) is 1.41. The highest BCUT2D eigenvalue weighted by Gasteiger charge is 2.35. The van der Waals surface area contributed by atoms with Crippen molar-refractivity contribution in [3.05, 3.63) is 27.8 Å². The molecule has 0 radical (unpaired) electrons. The summed E-state index contributed by atoms with van der Waals surface area (Å²) < 4.78 is 5.38. The van der Waals surface area contributed by atoms with Crippen molar-refractivity contribution < 1.29 is 4.52 Å². The van der Waals surface area contributed by atoms with Crippen LogP contribution in [0.1, 0.15) is 42.2 Å². The van der Waals surface area contributed by atoms with Crippen LogP contribution in [0.25, 0.3) is 0 Å². The first-order valence-corrected chi connectivity index (χ1v) is 7.03. The molecule has 96 valence electrons. The normalized spacial score (nSPS) is 23.7. The van der Waals surface area contributed by atoms with Crippen LogP contribution in [0.3, 0.4) is 0 Å². The molecular formula is C12H16N4OS. The second-order valence-corrected chi connectivity index (χ2v) is 5.88. The Kier molecular flexibility index (Phi) is 2.91. The van der Waals surface area contributed by atoms with Crippen LogP contribution in [-0.2, 0) is 12.0 Å². The third-order valence-corrected chi connectivity index (χ3v) is 4.25. The lowest BCUT2D eigenvalue weighted by atomic mass is 10.0. The number of aromatic nitrogens is 3. The first kappa shape index (κ1) is 11.8. The second kappa shape index (κ2) is 4.44. The summed E-state index contributed by atoms with van der Waals surface area (Å²) in [6.45, 7) is 5.12. The molecule has 18 heavy (non-hydrogen) atoms. The van der Waals surface area contributed by atoms with Gasteiger partial charge in [0.05, 0.1) is 12.0 Å². The Labute approximate surface area is 110 Å². The van der Waals surface area contributed by atoms with Gasteiger partial charge in [-0.2, -0.15) is 4.98 Å². The first-order valence-electron chi connectivity index (χ1n) is 6.15. The topological polar surface area (TPSA) is 63.8 Å². The fraction of sp³-hybridized carbons (Fsp3) is 0.583. The Morgan fingerprint density at radius 1 is 1.50 bits per heavy atom. The van der Waals surface area contributed by atoms with E-state index in [1.807, 2.05) is 12.3 Å². The van der Waals surface area contributed by atoms with Crippen molar-refractivity contribution in [1.82, 2.24) is 20.4 Å². The maximum absolute atomic E-state index is 5.38. The number of hydrogen-bond donors (Lipinski definition) is 1. The van der Waals surface area contributed by atoms with Crippen LogP contribution in [0.15, 0.2) is 9.90 Å². The molecule has 0 spiro atoms. The van der Waals surface area contributed by atoms with E-state index in [0.29, 0.717) is 18.1 Å². The van der Waals surface area contributed by atoms with Crippen molar-refractivity contribution in [2.75, 3.05) is 6.54 Å². The van der Waals surface area contributed by atoms with Gasteiger partial charge in [-0.15, -0.1) is 11.3 Å². The van der Waals surface area contributed by atoms with Crippen LogP contribution in [0.2, 0.25) is 0 Å². The lowest BCUT2D eigenvalue weighted by Gasteiger charge is -2.18. The average Bonchev–Trinajstić information content (AvgIpc) is 3.02. The van der Waals surface area contributed by atoms with Gasteiger partial charge in [0.1, 0.15) is 5.01 Å². The fourth-order valence-electron chi connectivity index (χ4n) is 2.25. The van der Waals surface area contributed by atoms with Crippen LogP contribution in [0.5, 0.6) is 0 Å². The van der Waals surface area contributed by atoms with Crippen molar-refractivity contribution in [3.63, 3.8) is 0 Å². The van der Waals surface area contributed by atoms with E-state index in [0.717, 1.165) is 30.1 Å². The Morgan fingerprint density at radius 2 is 2.39 bits per heavy atom. The molecule has 0 bridgehead atoms. The molecule has 1 N–H and O–H groups in total.